The highest BCUT2D eigenvalue weighted by Gasteiger charge is 2.03. The maximum absolute atomic E-state index is 10.9. The first kappa shape index (κ1) is 12.0. The summed E-state index contributed by atoms with van der Waals surface area (Å²) < 4.78 is 0. The molecule has 0 aromatic heterocycles. The minimum Gasteiger partial charge on any atom is -0.377 e. The topological polar surface area (TPSA) is 23.6 Å². The summed E-state index contributed by atoms with van der Waals surface area (Å²) in [6.45, 7) is 7.32. The van der Waals surface area contributed by atoms with Crippen LogP contribution in [0.3, 0.4) is 0 Å². The molecule has 0 aliphatic carbocycles. The highest BCUT2D eigenvalue weighted by Crippen LogP contribution is 1.98. The number of amides is 1. The quantitative estimate of drug-likeness (QED) is 0.658. The first-order chi connectivity index (χ1) is 5.99. The van der Waals surface area contributed by atoms with E-state index in [1.807, 2.05) is 21.0 Å². The standard InChI is InChI=1S/C10H20N2O/c1-6-9(2)11(4)7-8-12(5)10(3)13/h6H,7-8H2,1-5H3/b9-6+. The van der Waals surface area contributed by atoms with Crippen LogP contribution in [0, 0.1) is 0 Å². The lowest BCUT2D eigenvalue weighted by Gasteiger charge is -2.23. The van der Waals surface area contributed by atoms with Crippen LogP contribution in [-0.2, 0) is 4.79 Å². The zero-order valence-electron chi connectivity index (χ0n) is 9.29. The van der Waals surface area contributed by atoms with Crippen molar-refractivity contribution in [2.24, 2.45) is 0 Å². The van der Waals surface area contributed by atoms with E-state index in [0.29, 0.717) is 0 Å². The Kier molecular flexibility index (Phi) is 5.19. The third-order valence-corrected chi connectivity index (χ3v) is 2.33. The van der Waals surface area contributed by atoms with E-state index in [1.165, 1.54) is 5.70 Å². The Labute approximate surface area is 81.0 Å². The van der Waals surface area contributed by atoms with Crippen molar-refractivity contribution < 1.29 is 4.79 Å². The van der Waals surface area contributed by atoms with Crippen molar-refractivity contribution in [2.45, 2.75) is 20.8 Å². The minimum atomic E-state index is 0.117. The molecule has 0 unspecified atom stereocenters. The van der Waals surface area contributed by atoms with Gasteiger partial charge in [-0.25, -0.2) is 0 Å². The van der Waals surface area contributed by atoms with E-state index in [1.54, 1.807) is 11.8 Å². The van der Waals surface area contributed by atoms with Gasteiger partial charge in [-0.15, -0.1) is 0 Å². The Morgan fingerprint density at radius 1 is 1.15 bits per heavy atom. The summed E-state index contributed by atoms with van der Waals surface area (Å²) >= 11 is 0. The number of likely N-dealkylation sites (N-methyl/N-ethyl adjacent to an activating group) is 2. The van der Waals surface area contributed by atoms with Crippen molar-refractivity contribution >= 4 is 5.91 Å². The Bertz CT molecular complexity index is 199. The van der Waals surface area contributed by atoms with Gasteiger partial charge in [0.25, 0.3) is 0 Å². The number of nitrogens with zero attached hydrogens (tertiary/aromatic N) is 2. The maximum atomic E-state index is 10.9. The number of hydrogen-bond donors (Lipinski definition) is 0. The Morgan fingerprint density at radius 3 is 2.00 bits per heavy atom. The van der Waals surface area contributed by atoms with Crippen molar-refractivity contribution in [3.63, 3.8) is 0 Å². The highest BCUT2D eigenvalue weighted by atomic mass is 16.2. The van der Waals surface area contributed by atoms with Gasteiger partial charge in [-0.1, -0.05) is 6.08 Å². The number of hydrogen-bond acceptors (Lipinski definition) is 2. The van der Waals surface area contributed by atoms with Gasteiger partial charge >= 0.3 is 0 Å². The van der Waals surface area contributed by atoms with Gasteiger partial charge in [-0.2, -0.15) is 0 Å². The van der Waals surface area contributed by atoms with Gasteiger partial charge in [-0.3, -0.25) is 4.79 Å². The third-order valence-electron chi connectivity index (χ3n) is 2.33. The molecule has 0 N–H and O–H groups in total. The van der Waals surface area contributed by atoms with Crippen molar-refractivity contribution in [1.82, 2.24) is 9.80 Å². The second kappa shape index (κ2) is 5.62. The second-order valence-corrected chi connectivity index (χ2v) is 3.29. The first-order valence-electron chi connectivity index (χ1n) is 4.54. The van der Waals surface area contributed by atoms with Crippen LogP contribution in [0.2, 0.25) is 0 Å². The molecule has 0 saturated carbocycles. The summed E-state index contributed by atoms with van der Waals surface area (Å²) in [5.41, 5.74) is 1.23. The van der Waals surface area contributed by atoms with Crippen LogP contribution in [0.5, 0.6) is 0 Å². The van der Waals surface area contributed by atoms with Gasteiger partial charge in [0.2, 0.25) is 5.91 Å². The van der Waals surface area contributed by atoms with Crippen LogP contribution >= 0.6 is 0 Å². The molecule has 0 aliphatic heterocycles. The molecule has 3 heteroatoms. The largest absolute Gasteiger partial charge is 0.377 e. The van der Waals surface area contributed by atoms with Crippen LogP contribution in [0.25, 0.3) is 0 Å². The number of allylic oxidation sites excluding steroid dienone is 2. The minimum absolute atomic E-state index is 0.117. The SMILES string of the molecule is C/C=C(\C)N(C)CCN(C)C(C)=O. The molecule has 0 aromatic rings. The van der Waals surface area contributed by atoms with Crippen LogP contribution in [0.1, 0.15) is 20.8 Å². The molecule has 0 saturated heterocycles. The summed E-state index contributed by atoms with van der Waals surface area (Å²) in [5, 5.41) is 0. The summed E-state index contributed by atoms with van der Waals surface area (Å²) in [6.07, 6.45) is 2.06. The predicted octanol–water partition coefficient (Wildman–Crippen LogP) is 1.32. The monoisotopic (exact) mass is 184 g/mol. The smallest absolute Gasteiger partial charge is 0.219 e. The molecule has 0 fully saturated rings. The average molecular weight is 184 g/mol. The summed E-state index contributed by atoms with van der Waals surface area (Å²) in [4.78, 5) is 14.7. The molecule has 1 amide bonds. The second-order valence-electron chi connectivity index (χ2n) is 3.29. The maximum Gasteiger partial charge on any atom is 0.219 e. The summed E-state index contributed by atoms with van der Waals surface area (Å²) in [7, 11) is 3.85. The van der Waals surface area contributed by atoms with Gasteiger partial charge in [0.15, 0.2) is 0 Å². The fourth-order valence-electron chi connectivity index (χ4n) is 0.854. The lowest BCUT2D eigenvalue weighted by atomic mass is 10.4. The average Bonchev–Trinajstić information content (AvgIpc) is 2.11. The lowest BCUT2D eigenvalue weighted by molar-refractivity contribution is -0.127. The van der Waals surface area contributed by atoms with E-state index in [4.69, 9.17) is 0 Å². The molecule has 0 rings (SSSR count). The van der Waals surface area contributed by atoms with Gasteiger partial charge < -0.3 is 9.80 Å². The van der Waals surface area contributed by atoms with Gasteiger partial charge in [0.1, 0.15) is 0 Å². The Morgan fingerprint density at radius 2 is 1.62 bits per heavy atom. The van der Waals surface area contributed by atoms with Crippen molar-refractivity contribution in [2.75, 3.05) is 27.2 Å². The molecule has 76 valence electrons. The normalized spacial score (nSPS) is 11.3. The molecule has 3 nitrogen and oxygen atoms in total. The fraction of sp³-hybridized carbons (Fsp3) is 0.700. The van der Waals surface area contributed by atoms with Crippen molar-refractivity contribution in [3.8, 4) is 0 Å². The highest BCUT2D eigenvalue weighted by molar-refractivity contribution is 5.72. The van der Waals surface area contributed by atoms with E-state index >= 15 is 0 Å². The van der Waals surface area contributed by atoms with Crippen molar-refractivity contribution in [1.29, 1.82) is 0 Å². The van der Waals surface area contributed by atoms with E-state index < -0.39 is 0 Å². The molecule has 0 spiro atoms. The fourth-order valence-corrected chi connectivity index (χ4v) is 0.854. The Hall–Kier alpha value is -0.990. The van der Waals surface area contributed by atoms with E-state index in [2.05, 4.69) is 17.9 Å². The number of carbonyl (C=O) groups excluding carboxylic acids is 1. The van der Waals surface area contributed by atoms with Gasteiger partial charge in [0.05, 0.1) is 0 Å². The third kappa shape index (κ3) is 4.55. The van der Waals surface area contributed by atoms with E-state index in [0.717, 1.165) is 13.1 Å². The van der Waals surface area contributed by atoms with Crippen LogP contribution in [0.4, 0.5) is 0 Å². The molecule has 0 radical (unpaired) electrons. The van der Waals surface area contributed by atoms with E-state index in [9.17, 15) is 4.79 Å². The van der Waals surface area contributed by atoms with Crippen LogP contribution in [-0.4, -0.2) is 42.9 Å². The molecule has 0 bridgehead atoms. The summed E-state index contributed by atoms with van der Waals surface area (Å²) in [6, 6.07) is 0. The lowest BCUT2D eigenvalue weighted by Crippen LogP contribution is -2.32. The predicted molar refractivity (Wildman–Crippen MR) is 55.4 cm³/mol. The van der Waals surface area contributed by atoms with E-state index in [-0.39, 0.29) is 5.91 Å². The van der Waals surface area contributed by atoms with Crippen LogP contribution in [0.15, 0.2) is 11.8 Å². The molecule has 0 atom stereocenters. The number of carbonyl (C=O) groups is 1. The summed E-state index contributed by atoms with van der Waals surface area (Å²) in [5.74, 6) is 0.117. The molecule has 13 heavy (non-hydrogen) atoms. The molecule has 0 heterocycles. The van der Waals surface area contributed by atoms with Crippen molar-refractivity contribution in [3.05, 3.63) is 11.8 Å². The van der Waals surface area contributed by atoms with Gasteiger partial charge in [0, 0.05) is 39.8 Å². The molecular weight excluding hydrogens is 164 g/mol. The zero-order valence-corrected chi connectivity index (χ0v) is 9.29. The van der Waals surface area contributed by atoms with Gasteiger partial charge in [-0.05, 0) is 13.8 Å². The molecule has 0 aromatic carbocycles. The Balaban J connectivity index is 3.83. The number of rotatable bonds is 4. The zero-order chi connectivity index (χ0) is 10.4. The van der Waals surface area contributed by atoms with Crippen LogP contribution < -0.4 is 0 Å². The molecule has 0 aliphatic rings. The first-order valence-corrected chi connectivity index (χ1v) is 4.54. The molecular formula is C10H20N2O.